The molecule has 4 nitrogen and oxygen atoms in total. The second-order valence-corrected chi connectivity index (χ2v) is 12.7. The van der Waals surface area contributed by atoms with Crippen LogP contribution in [-0.4, -0.2) is 19.9 Å². The standard InChI is InChI=1S/C48H31N4.Ir/c1-4-13-33(14-5-1)36-23-25-37(26-24-36)46-50-47(40-22-12-21-39(27-40)45-31-38-19-10-11-20-41(38)32-49-45)52-48(51-46)44-29-42(34-15-6-2-7-16-34)28-43(30-44)35-17-8-3-9-18-35;/h1-20,22-32H;/q-1;. The first-order chi connectivity index (χ1) is 25.7. The van der Waals surface area contributed by atoms with Crippen LogP contribution in [0.1, 0.15) is 0 Å². The molecule has 0 aliphatic carbocycles. The Labute approximate surface area is 322 Å². The molecule has 253 valence electrons. The largest absolute Gasteiger partial charge is 0.304 e. The van der Waals surface area contributed by atoms with Crippen molar-refractivity contribution in [2.75, 3.05) is 0 Å². The number of hydrogen-bond donors (Lipinski definition) is 0. The van der Waals surface area contributed by atoms with E-state index in [-0.39, 0.29) is 20.1 Å². The molecule has 0 fully saturated rings. The number of aromatic nitrogens is 4. The van der Waals surface area contributed by atoms with E-state index in [4.69, 9.17) is 19.9 Å². The van der Waals surface area contributed by atoms with E-state index in [0.717, 1.165) is 72.1 Å². The van der Waals surface area contributed by atoms with Crippen LogP contribution < -0.4 is 0 Å². The molecule has 53 heavy (non-hydrogen) atoms. The molecule has 7 aromatic carbocycles. The monoisotopic (exact) mass is 856 g/mol. The average molecular weight is 856 g/mol. The third-order valence-corrected chi connectivity index (χ3v) is 9.26. The first-order valence-electron chi connectivity index (χ1n) is 17.3. The third kappa shape index (κ3) is 7.22. The zero-order chi connectivity index (χ0) is 34.7. The van der Waals surface area contributed by atoms with E-state index >= 15 is 0 Å². The summed E-state index contributed by atoms with van der Waals surface area (Å²) in [5.74, 6) is 1.78. The minimum absolute atomic E-state index is 0. The molecule has 0 aliphatic rings. The van der Waals surface area contributed by atoms with Crippen molar-refractivity contribution < 1.29 is 20.1 Å². The van der Waals surface area contributed by atoms with Crippen molar-refractivity contribution in [3.8, 4) is 78.8 Å². The zero-order valence-corrected chi connectivity index (χ0v) is 30.9. The summed E-state index contributed by atoms with van der Waals surface area (Å²) in [6, 6.07) is 66.0. The van der Waals surface area contributed by atoms with Gasteiger partial charge in [0.15, 0.2) is 11.6 Å². The van der Waals surface area contributed by atoms with Crippen LogP contribution in [0.3, 0.4) is 0 Å². The van der Waals surface area contributed by atoms with Crippen molar-refractivity contribution in [1.82, 2.24) is 19.9 Å². The van der Waals surface area contributed by atoms with Crippen LogP contribution in [-0.2, 0) is 20.1 Å². The number of rotatable bonds is 7. The molecule has 9 rings (SSSR count). The Hall–Kier alpha value is -6.39. The van der Waals surface area contributed by atoms with Gasteiger partial charge in [0.2, 0.25) is 0 Å². The van der Waals surface area contributed by atoms with Gasteiger partial charge < -0.3 is 4.98 Å². The maximum atomic E-state index is 5.16. The molecule has 9 aromatic rings. The fraction of sp³-hybridized carbons (Fsp3) is 0. The molecular formula is C48H31IrN4-. The average Bonchev–Trinajstić information content (AvgIpc) is 3.24. The van der Waals surface area contributed by atoms with Gasteiger partial charge in [-0.15, -0.1) is 29.8 Å². The van der Waals surface area contributed by atoms with E-state index in [1.165, 1.54) is 0 Å². The van der Waals surface area contributed by atoms with Gasteiger partial charge in [0.25, 0.3) is 0 Å². The molecule has 5 heteroatoms. The quantitative estimate of drug-likeness (QED) is 0.150. The molecular weight excluding hydrogens is 825 g/mol. The minimum atomic E-state index is 0. The van der Waals surface area contributed by atoms with Gasteiger partial charge in [-0.05, 0) is 68.0 Å². The summed E-state index contributed by atoms with van der Waals surface area (Å²) in [4.78, 5) is 20.2. The fourth-order valence-electron chi connectivity index (χ4n) is 6.54. The molecule has 0 saturated heterocycles. The third-order valence-electron chi connectivity index (χ3n) is 9.26. The van der Waals surface area contributed by atoms with Crippen LogP contribution >= 0.6 is 0 Å². The maximum absolute atomic E-state index is 5.16. The Bertz CT molecular complexity index is 2600. The summed E-state index contributed by atoms with van der Waals surface area (Å²) >= 11 is 0. The van der Waals surface area contributed by atoms with Crippen molar-refractivity contribution in [3.63, 3.8) is 0 Å². The van der Waals surface area contributed by atoms with Crippen LogP contribution in [0, 0.1) is 6.07 Å². The first-order valence-corrected chi connectivity index (χ1v) is 17.3. The first kappa shape index (κ1) is 33.7. The molecule has 2 aromatic heterocycles. The number of pyridine rings is 1. The molecule has 0 aliphatic heterocycles. The van der Waals surface area contributed by atoms with E-state index < -0.39 is 0 Å². The summed E-state index contributed by atoms with van der Waals surface area (Å²) in [7, 11) is 0. The normalized spacial score (nSPS) is 10.9. The summed E-state index contributed by atoms with van der Waals surface area (Å²) in [5, 5.41) is 2.22. The van der Waals surface area contributed by atoms with Crippen molar-refractivity contribution in [3.05, 3.63) is 194 Å². The summed E-state index contributed by atoms with van der Waals surface area (Å²) < 4.78 is 0. The van der Waals surface area contributed by atoms with Crippen molar-refractivity contribution >= 4 is 10.8 Å². The van der Waals surface area contributed by atoms with E-state index in [0.29, 0.717) is 17.5 Å². The van der Waals surface area contributed by atoms with E-state index in [9.17, 15) is 0 Å². The van der Waals surface area contributed by atoms with Crippen molar-refractivity contribution in [2.24, 2.45) is 0 Å². The van der Waals surface area contributed by atoms with Crippen molar-refractivity contribution in [1.29, 1.82) is 0 Å². The maximum Gasteiger partial charge on any atom is 0.164 e. The predicted octanol–water partition coefficient (Wildman–Crippen LogP) is 11.9. The molecule has 0 spiro atoms. The molecule has 0 amide bonds. The Morgan fingerprint density at radius 1 is 0.340 bits per heavy atom. The van der Waals surface area contributed by atoms with Crippen LogP contribution in [0.5, 0.6) is 0 Å². The topological polar surface area (TPSA) is 51.6 Å². The Morgan fingerprint density at radius 2 is 0.792 bits per heavy atom. The van der Waals surface area contributed by atoms with Crippen LogP contribution in [0.4, 0.5) is 0 Å². The van der Waals surface area contributed by atoms with Crippen molar-refractivity contribution in [2.45, 2.75) is 0 Å². The van der Waals surface area contributed by atoms with Gasteiger partial charge in [0.05, 0.1) is 0 Å². The van der Waals surface area contributed by atoms with Crippen LogP contribution in [0.2, 0.25) is 0 Å². The number of fused-ring (bicyclic) bond motifs is 1. The molecule has 0 N–H and O–H groups in total. The molecule has 0 bridgehead atoms. The van der Waals surface area contributed by atoms with Gasteiger partial charge in [0, 0.05) is 37.4 Å². The SMILES string of the molecule is [Ir].[c-]1ccc(-c2nc(-c3ccc(-c4ccccc4)cc3)nc(-c3cc(-c4ccccc4)cc(-c4ccccc4)c3)n2)cc1-c1cc2ccccc2cn1. The summed E-state index contributed by atoms with van der Waals surface area (Å²) in [6.45, 7) is 0. The van der Waals surface area contributed by atoms with E-state index in [2.05, 4.69) is 146 Å². The smallest absolute Gasteiger partial charge is 0.164 e. The van der Waals surface area contributed by atoms with Crippen LogP contribution in [0.15, 0.2) is 188 Å². The van der Waals surface area contributed by atoms with Gasteiger partial charge in [-0.3, -0.25) is 0 Å². The van der Waals surface area contributed by atoms with E-state index in [1.807, 2.05) is 48.7 Å². The number of benzene rings is 7. The van der Waals surface area contributed by atoms with Gasteiger partial charge in [-0.1, -0.05) is 151 Å². The van der Waals surface area contributed by atoms with Gasteiger partial charge in [-0.2, -0.15) is 0 Å². The Balaban J connectivity index is 0.00000400. The predicted molar refractivity (Wildman–Crippen MR) is 212 cm³/mol. The zero-order valence-electron chi connectivity index (χ0n) is 28.5. The summed E-state index contributed by atoms with van der Waals surface area (Å²) in [5.41, 5.74) is 11.1. The Kier molecular flexibility index (Phi) is 9.59. The van der Waals surface area contributed by atoms with Crippen LogP contribution in [0.25, 0.3) is 89.6 Å². The van der Waals surface area contributed by atoms with Gasteiger partial charge in [0.1, 0.15) is 5.82 Å². The Morgan fingerprint density at radius 3 is 1.40 bits per heavy atom. The molecule has 2 heterocycles. The van der Waals surface area contributed by atoms with Gasteiger partial charge >= 0.3 is 0 Å². The number of hydrogen-bond acceptors (Lipinski definition) is 4. The second-order valence-electron chi connectivity index (χ2n) is 12.7. The number of nitrogens with zero attached hydrogens (tertiary/aromatic N) is 4. The molecule has 0 saturated carbocycles. The minimum Gasteiger partial charge on any atom is -0.304 e. The molecule has 1 radical (unpaired) electrons. The molecule has 0 unspecified atom stereocenters. The fourth-order valence-corrected chi connectivity index (χ4v) is 6.54. The van der Waals surface area contributed by atoms with Gasteiger partial charge in [-0.25, -0.2) is 15.0 Å². The van der Waals surface area contributed by atoms with E-state index in [1.54, 1.807) is 0 Å². The summed E-state index contributed by atoms with van der Waals surface area (Å²) in [6.07, 6.45) is 1.91. The molecule has 0 atom stereocenters. The second kappa shape index (κ2) is 15.1.